The second kappa shape index (κ2) is 5.53. The molecule has 0 bridgehead atoms. The Morgan fingerprint density at radius 3 is 1.37 bits per heavy atom. The fraction of sp³-hybridized carbons (Fsp3) is 0.143. The Kier molecular flexibility index (Phi) is 4.19. The molecule has 0 aromatic heterocycles. The Hall–Kier alpha value is -1.03. The molecule has 0 atom stereocenters. The molecule has 0 radical (unpaired) electrons. The van der Waals surface area contributed by atoms with E-state index >= 15 is 0 Å². The van der Waals surface area contributed by atoms with Gasteiger partial charge in [0.05, 0.1) is 0 Å². The molecule has 0 aliphatic carbocycles. The van der Waals surface area contributed by atoms with Gasteiger partial charge in [-0.25, -0.2) is 8.42 Å². The van der Waals surface area contributed by atoms with Gasteiger partial charge in [-0.2, -0.15) is 0 Å². The summed E-state index contributed by atoms with van der Waals surface area (Å²) < 4.78 is 24.1. The lowest BCUT2D eigenvalue weighted by Gasteiger charge is -2.16. The molecular formula is C14H12Cl2O2S. The van der Waals surface area contributed by atoms with Crippen molar-refractivity contribution in [2.24, 2.45) is 0 Å². The maximum Gasteiger partial charge on any atom is 0.158 e. The van der Waals surface area contributed by atoms with E-state index in [1.807, 2.05) is 0 Å². The molecule has 0 aliphatic rings. The monoisotopic (exact) mass is 314 g/mol. The summed E-state index contributed by atoms with van der Waals surface area (Å²) in [6, 6.07) is 13.6. The number of hydrogen-bond acceptors (Lipinski definition) is 2. The first kappa shape index (κ1) is 14.4. The third-order valence-corrected chi connectivity index (χ3v) is 4.68. The van der Waals surface area contributed by atoms with Gasteiger partial charge in [0.1, 0.15) is 5.25 Å². The zero-order valence-electron chi connectivity index (χ0n) is 10.2. The highest BCUT2D eigenvalue weighted by molar-refractivity contribution is 7.91. The molecule has 0 heterocycles. The third-order valence-electron chi connectivity index (χ3n) is 2.77. The van der Waals surface area contributed by atoms with Crippen molar-refractivity contribution in [3.05, 3.63) is 69.7 Å². The minimum Gasteiger partial charge on any atom is -0.228 e. The van der Waals surface area contributed by atoms with E-state index in [0.29, 0.717) is 21.2 Å². The normalized spacial score (nSPS) is 11.8. The van der Waals surface area contributed by atoms with Gasteiger partial charge in [0, 0.05) is 16.3 Å². The SMILES string of the molecule is CS(=O)(=O)C(c1ccc(Cl)cc1)c1ccc(Cl)cc1. The van der Waals surface area contributed by atoms with E-state index in [2.05, 4.69) is 0 Å². The quantitative estimate of drug-likeness (QED) is 0.853. The topological polar surface area (TPSA) is 34.1 Å². The number of rotatable bonds is 3. The minimum absolute atomic E-state index is 0.576. The Labute approximate surface area is 122 Å². The van der Waals surface area contributed by atoms with Gasteiger partial charge < -0.3 is 0 Å². The van der Waals surface area contributed by atoms with Gasteiger partial charge in [0.15, 0.2) is 9.84 Å². The largest absolute Gasteiger partial charge is 0.228 e. The van der Waals surface area contributed by atoms with Crippen molar-refractivity contribution >= 4 is 33.0 Å². The van der Waals surface area contributed by atoms with Crippen LogP contribution in [0.3, 0.4) is 0 Å². The third kappa shape index (κ3) is 3.50. The molecule has 0 fully saturated rings. The smallest absolute Gasteiger partial charge is 0.158 e. The van der Waals surface area contributed by atoms with E-state index in [0.717, 1.165) is 0 Å². The summed E-state index contributed by atoms with van der Waals surface area (Å²) in [7, 11) is -3.28. The number of sulfone groups is 1. The lowest BCUT2D eigenvalue weighted by molar-refractivity contribution is 0.595. The van der Waals surface area contributed by atoms with Gasteiger partial charge in [0.2, 0.25) is 0 Å². The molecule has 100 valence electrons. The zero-order valence-corrected chi connectivity index (χ0v) is 12.5. The van der Waals surface area contributed by atoms with Gasteiger partial charge in [-0.3, -0.25) is 0 Å². The summed E-state index contributed by atoms with van der Waals surface area (Å²) >= 11 is 11.7. The van der Waals surface area contributed by atoms with Crippen LogP contribution in [0.15, 0.2) is 48.5 Å². The molecule has 0 saturated carbocycles. The van der Waals surface area contributed by atoms with Crippen LogP contribution in [0.1, 0.15) is 16.4 Å². The van der Waals surface area contributed by atoms with E-state index in [4.69, 9.17) is 23.2 Å². The predicted octanol–water partition coefficient (Wildman–Crippen LogP) is 4.13. The van der Waals surface area contributed by atoms with Crippen molar-refractivity contribution in [3.8, 4) is 0 Å². The van der Waals surface area contributed by atoms with Crippen LogP contribution in [0.5, 0.6) is 0 Å². The van der Waals surface area contributed by atoms with Gasteiger partial charge in [0.25, 0.3) is 0 Å². The standard InChI is InChI=1S/C14H12Cl2O2S/c1-19(17,18)14(10-2-6-12(15)7-3-10)11-4-8-13(16)9-5-11/h2-9,14H,1H3. The molecule has 2 aromatic carbocycles. The van der Waals surface area contributed by atoms with Gasteiger partial charge in [-0.1, -0.05) is 47.5 Å². The average molecular weight is 315 g/mol. The van der Waals surface area contributed by atoms with Crippen LogP contribution in [0, 0.1) is 0 Å². The lowest BCUT2D eigenvalue weighted by atomic mass is 10.0. The van der Waals surface area contributed by atoms with Crippen molar-refractivity contribution in [2.75, 3.05) is 6.26 Å². The molecule has 2 aromatic rings. The van der Waals surface area contributed by atoms with Crippen molar-refractivity contribution < 1.29 is 8.42 Å². The number of benzene rings is 2. The van der Waals surface area contributed by atoms with Crippen LogP contribution >= 0.6 is 23.2 Å². The van der Waals surface area contributed by atoms with E-state index in [1.54, 1.807) is 48.5 Å². The van der Waals surface area contributed by atoms with E-state index < -0.39 is 15.1 Å². The van der Waals surface area contributed by atoms with Crippen LogP contribution in [-0.2, 0) is 9.84 Å². The lowest BCUT2D eigenvalue weighted by Crippen LogP contribution is -2.12. The first-order valence-corrected chi connectivity index (χ1v) is 8.29. The second-order valence-electron chi connectivity index (χ2n) is 4.31. The van der Waals surface area contributed by atoms with Crippen molar-refractivity contribution in [2.45, 2.75) is 5.25 Å². The van der Waals surface area contributed by atoms with E-state index in [9.17, 15) is 8.42 Å². The average Bonchev–Trinajstić information content (AvgIpc) is 2.33. The minimum atomic E-state index is -3.28. The van der Waals surface area contributed by atoms with Crippen LogP contribution in [0.25, 0.3) is 0 Å². The molecule has 0 aliphatic heterocycles. The first-order chi connectivity index (χ1) is 8.88. The molecule has 2 rings (SSSR count). The number of halogens is 2. The van der Waals surface area contributed by atoms with Gasteiger partial charge >= 0.3 is 0 Å². The van der Waals surface area contributed by atoms with Crippen molar-refractivity contribution in [1.29, 1.82) is 0 Å². The highest BCUT2D eigenvalue weighted by Crippen LogP contribution is 2.31. The Balaban J connectivity index is 2.54. The highest BCUT2D eigenvalue weighted by atomic mass is 35.5. The number of hydrogen-bond donors (Lipinski definition) is 0. The van der Waals surface area contributed by atoms with Crippen molar-refractivity contribution in [1.82, 2.24) is 0 Å². The summed E-state index contributed by atoms with van der Waals surface area (Å²) in [5.74, 6) is 0. The van der Waals surface area contributed by atoms with Crippen LogP contribution in [-0.4, -0.2) is 14.7 Å². The summed E-state index contributed by atoms with van der Waals surface area (Å²) in [5, 5.41) is 0.446. The summed E-state index contributed by atoms with van der Waals surface area (Å²) in [6.45, 7) is 0. The summed E-state index contributed by atoms with van der Waals surface area (Å²) in [6.07, 6.45) is 1.22. The highest BCUT2D eigenvalue weighted by Gasteiger charge is 2.24. The summed E-state index contributed by atoms with van der Waals surface area (Å²) in [4.78, 5) is 0. The van der Waals surface area contributed by atoms with Crippen LogP contribution < -0.4 is 0 Å². The molecule has 0 unspecified atom stereocenters. The predicted molar refractivity (Wildman–Crippen MR) is 79.6 cm³/mol. The van der Waals surface area contributed by atoms with Gasteiger partial charge in [-0.05, 0) is 35.4 Å². The maximum atomic E-state index is 12.0. The maximum absolute atomic E-state index is 12.0. The molecule has 0 N–H and O–H groups in total. The molecule has 5 heteroatoms. The molecule has 0 saturated heterocycles. The Morgan fingerprint density at radius 1 is 0.789 bits per heavy atom. The fourth-order valence-electron chi connectivity index (χ4n) is 1.96. The zero-order chi connectivity index (χ0) is 14.0. The molecule has 19 heavy (non-hydrogen) atoms. The van der Waals surface area contributed by atoms with Crippen LogP contribution in [0.4, 0.5) is 0 Å². The van der Waals surface area contributed by atoms with E-state index in [1.165, 1.54) is 6.26 Å². The molecular weight excluding hydrogens is 303 g/mol. The van der Waals surface area contributed by atoms with Crippen LogP contribution in [0.2, 0.25) is 10.0 Å². The van der Waals surface area contributed by atoms with Crippen molar-refractivity contribution in [3.63, 3.8) is 0 Å². The molecule has 2 nitrogen and oxygen atoms in total. The van der Waals surface area contributed by atoms with E-state index in [-0.39, 0.29) is 0 Å². The fourth-order valence-corrected chi connectivity index (χ4v) is 3.52. The van der Waals surface area contributed by atoms with Gasteiger partial charge in [-0.15, -0.1) is 0 Å². The second-order valence-corrected chi connectivity index (χ2v) is 7.32. The molecule has 0 amide bonds. The summed E-state index contributed by atoms with van der Waals surface area (Å²) in [5.41, 5.74) is 1.38. The molecule has 0 spiro atoms. The Morgan fingerprint density at radius 2 is 1.11 bits per heavy atom. The Bertz CT molecular complexity index is 616. The first-order valence-electron chi connectivity index (χ1n) is 5.58.